The van der Waals surface area contributed by atoms with Crippen molar-refractivity contribution >= 4 is 23.3 Å². The first kappa shape index (κ1) is 72.7. The van der Waals surface area contributed by atoms with Gasteiger partial charge in [-0.25, -0.2) is 94.5 Å². The van der Waals surface area contributed by atoms with Crippen LogP contribution in [0.1, 0.15) is 22.8 Å². The Morgan fingerprint density at radius 2 is 0.415 bits per heavy atom. The molecule has 0 saturated carbocycles. The van der Waals surface area contributed by atoms with Gasteiger partial charge in [0.1, 0.15) is 22.8 Å². The van der Waals surface area contributed by atoms with E-state index >= 15 is 0 Å². The maximum Gasteiger partial charge on any atom is 2.00 e. The Morgan fingerprint density at radius 1 is 0.256 bits per heavy atom. The van der Waals surface area contributed by atoms with Crippen molar-refractivity contribution < 1.29 is 150 Å². The Bertz CT molecular complexity index is 2830. The van der Waals surface area contributed by atoms with E-state index in [0.717, 1.165) is 22.8 Å². The molecule has 0 aliphatic heterocycles. The molecule has 0 amide bonds. The van der Waals surface area contributed by atoms with Crippen molar-refractivity contribution in [1.82, 2.24) is 39.9 Å². The van der Waals surface area contributed by atoms with Crippen LogP contribution in [-0.4, -0.2) is 63.2 Å². The van der Waals surface area contributed by atoms with Gasteiger partial charge in [-0.3, -0.25) is 19.9 Å². The number of hydrogen-bond donors (Lipinski definition) is 4. The van der Waals surface area contributed by atoms with Crippen LogP contribution in [-0.2, 0) is 34.1 Å². The van der Waals surface area contributed by atoms with Crippen LogP contribution in [0.25, 0.3) is 45.6 Å². The molecule has 2 radical (unpaired) electrons. The van der Waals surface area contributed by atoms with E-state index in [1.807, 2.05) is 121 Å². The van der Waals surface area contributed by atoms with Gasteiger partial charge in [0, 0.05) is 24.8 Å². The van der Waals surface area contributed by atoms with Crippen LogP contribution >= 0.6 is 0 Å². The summed E-state index contributed by atoms with van der Waals surface area (Å²) in [6.07, 6.45) is 6.83. The summed E-state index contributed by atoms with van der Waals surface area (Å²) in [5.74, 6) is 0.543. The normalized spacial score (nSPS) is 11.7. The minimum atomic E-state index is -4.94. The van der Waals surface area contributed by atoms with Crippen molar-refractivity contribution in [1.29, 1.82) is 0 Å². The van der Waals surface area contributed by atoms with E-state index in [1.54, 1.807) is 49.1 Å². The molecule has 8 aromatic rings. The maximum absolute atomic E-state index is 8.49. The number of amidine groups is 4. The molecule has 0 unspecified atom stereocenters. The van der Waals surface area contributed by atoms with Gasteiger partial charge in [0.15, 0.2) is 23.3 Å². The average molecular weight is 1300 g/mol. The smallest absolute Gasteiger partial charge is 0.380 e. The summed E-state index contributed by atoms with van der Waals surface area (Å²) in [6, 6.07) is 44.2. The van der Waals surface area contributed by atoms with Gasteiger partial charge < -0.3 is 22.9 Å². The first-order chi connectivity index (χ1) is 37.4. The number of aromatic nitrogens is 8. The topological polar surface area (TPSA) is 626 Å². The van der Waals surface area contributed by atoms with E-state index < -0.39 is 41.0 Å². The predicted octanol–water partition coefficient (Wildman–Crippen LogP) is -13.8. The van der Waals surface area contributed by atoms with Crippen molar-refractivity contribution in [3.8, 4) is 45.6 Å². The summed E-state index contributed by atoms with van der Waals surface area (Å²) in [5.41, 5.74) is 31.9. The van der Waals surface area contributed by atoms with E-state index in [0.29, 0.717) is 45.6 Å². The van der Waals surface area contributed by atoms with E-state index in [4.69, 9.17) is 97.5 Å². The molecule has 0 aliphatic rings. The third kappa shape index (κ3) is 32.8. The van der Waals surface area contributed by atoms with Gasteiger partial charge in [-0.15, -0.1) is 61.4 Å². The van der Waals surface area contributed by atoms with Crippen molar-refractivity contribution in [2.24, 2.45) is 43.3 Å². The fourth-order valence-electron chi connectivity index (χ4n) is 5.36. The van der Waals surface area contributed by atoms with Gasteiger partial charge >= 0.3 is 34.1 Å². The number of rotatable bonds is 10. The number of halogens is 4. The maximum atomic E-state index is 8.49. The molecule has 8 heterocycles. The summed E-state index contributed by atoms with van der Waals surface area (Å²) in [5, 5.41) is 16.1. The van der Waals surface area contributed by atoms with Gasteiger partial charge in [-0.1, -0.05) is 48.5 Å². The molecule has 8 rings (SSSR count). The van der Waals surface area contributed by atoms with E-state index in [9.17, 15) is 0 Å². The molecule has 32 nitrogen and oxygen atoms in total. The fraction of sp³-hybridized carbons (Fsp3) is 0. The van der Waals surface area contributed by atoms with E-state index in [1.165, 1.54) is 0 Å². The molecule has 8 N–H and O–H groups in total. The standard InChI is InChI=1S/2C22H18N8.4ClHO4.2Mn/c2*23-21(19-11-5-9-17(27-19)15-7-1-3-13-25-15)29-30-22(24)20-12-6-10-18(28-20)16-8-2-4-14-26-16;4*2-1(3,4)5;;/h2*1-14H,(H2,23,29)(H2,24,30);4*(H,2,3,4,5);;/q;;;;;;2*+2/p-4. The molecular weight excluding hydrogens is 1260 g/mol. The van der Waals surface area contributed by atoms with Crippen molar-refractivity contribution in [3.05, 3.63) is 193 Å². The monoisotopic (exact) mass is 1290 g/mol. The molecule has 0 fully saturated rings. The number of nitrogens with two attached hydrogens (primary N) is 4. The number of hydrogen-bond acceptors (Lipinski definition) is 28. The van der Waals surface area contributed by atoms with Gasteiger partial charge in [0.05, 0.1) is 45.6 Å². The number of nitrogens with zero attached hydrogens (tertiary/aromatic N) is 12. The Labute approximate surface area is 492 Å². The van der Waals surface area contributed by atoms with Crippen LogP contribution in [0.4, 0.5) is 0 Å². The van der Waals surface area contributed by atoms with Crippen molar-refractivity contribution in [2.45, 2.75) is 0 Å². The minimum Gasteiger partial charge on any atom is -0.380 e. The Hall–Kier alpha value is -7.36. The predicted molar refractivity (Wildman–Crippen MR) is 233 cm³/mol. The fourth-order valence-corrected chi connectivity index (χ4v) is 5.36. The third-order valence-electron chi connectivity index (χ3n) is 8.29. The van der Waals surface area contributed by atoms with Gasteiger partial charge in [0.25, 0.3) is 0 Å². The van der Waals surface area contributed by atoms with Crippen LogP contribution in [0.2, 0.25) is 0 Å². The first-order valence-corrected chi connectivity index (χ1v) is 25.7. The summed E-state index contributed by atoms with van der Waals surface area (Å²) in [7, 11) is -19.8. The van der Waals surface area contributed by atoms with Gasteiger partial charge in [-0.05, 0) is 97.1 Å². The second-order valence-corrected chi connectivity index (χ2v) is 17.0. The molecule has 38 heteroatoms. The van der Waals surface area contributed by atoms with Crippen molar-refractivity contribution in [3.63, 3.8) is 0 Å². The second-order valence-electron chi connectivity index (χ2n) is 13.9. The van der Waals surface area contributed by atoms with Crippen LogP contribution in [0.3, 0.4) is 0 Å². The van der Waals surface area contributed by atoms with Crippen LogP contribution < -0.4 is 97.5 Å². The van der Waals surface area contributed by atoms with Crippen LogP contribution in [0, 0.1) is 41.0 Å². The zero-order valence-electron chi connectivity index (χ0n) is 40.6. The molecule has 430 valence electrons. The number of pyridine rings is 8. The zero-order valence-corrected chi connectivity index (χ0v) is 46.0. The molecular formula is C44H36Cl4Mn2N16O16. The van der Waals surface area contributed by atoms with Crippen LogP contribution in [0.15, 0.2) is 191 Å². The molecule has 82 heavy (non-hydrogen) atoms. The third-order valence-corrected chi connectivity index (χ3v) is 8.29. The first-order valence-electron chi connectivity index (χ1n) is 20.8. The molecule has 0 aromatic carbocycles. The van der Waals surface area contributed by atoms with Crippen LogP contribution in [0.5, 0.6) is 0 Å². The molecule has 0 spiro atoms. The summed E-state index contributed by atoms with van der Waals surface area (Å²) >= 11 is 0. The summed E-state index contributed by atoms with van der Waals surface area (Å²) < 4.78 is 136. The minimum absolute atomic E-state index is 0. The van der Waals surface area contributed by atoms with E-state index in [-0.39, 0.29) is 57.5 Å². The zero-order chi connectivity index (χ0) is 59.5. The Kier molecular flexibility index (Phi) is 31.4. The summed E-state index contributed by atoms with van der Waals surface area (Å²) in [4.78, 5) is 35.2. The Morgan fingerprint density at radius 3 is 0.561 bits per heavy atom. The average Bonchev–Trinajstić information content (AvgIpc) is 3.41. The largest absolute Gasteiger partial charge is 2.00 e. The van der Waals surface area contributed by atoms with Gasteiger partial charge in [-0.2, -0.15) is 0 Å². The molecule has 8 aromatic heterocycles. The molecule has 0 atom stereocenters. The second kappa shape index (κ2) is 35.5. The molecule has 0 saturated heterocycles. The van der Waals surface area contributed by atoms with E-state index in [2.05, 4.69) is 60.3 Å². The van der Waals surface area contributed by atoms with Crippen molar-refractivity contribution in [2.75, 3.05) is 0 Å². The summed E-state index contributed by atoms with van der Waals surface area (Å²) in [6.45, 7) is 0. The van der Waals surface area contributed by atoms with Gasteiger partial charge in [0.2, 0.25) is 0 Å². The Balaban J connectivity index is 0.000000606. The quantitative estimate of drug-likeness (QED) is 0.0427. The molecule has 0 bridgehead atoms. The molecule has 0 aliphatic carbocycles. The SMILES string of the molecule is N/C(=N\N=C(/N)c1cccc(-c2ccccn2)n1)c1cccc(-c2ccccn2)n1.N/C(=N\N=C(/N)c1cccc(-c2ccccn2)n1)c1cccc(-c2ccccn2)n1.[Mn+2].[Mn+2].[O-][Cl+3]([O-])([O-])[O-].[O-][Cl+3]([O-])([O-])[O-].[O-][Cl+3]([O-])([O-])[O-].[O-][Cl+3]([O-])([O-])[O-].